The summed E-state index contributed by atoms with van der Waals surface area (Å²) >= 11 is 2.29. The zero-order chi connectivity index (χ0) is 9.80. The van der Waals surface area contributed by atoms with Crippen LogP contribution in [-0.4, -0.2) is 22.4 Å². The van der Waals surface area contributed by atoms with Gasteiger partial charge in [-0.3, -0.25) is 4.68 Å². The smallest absolute Gasteiger partial charge is 0.0623 e. The topological polar surface area (TPSA) is 29.9 Å². The molecule has 1 saturated carbocycles. The number of rotatable bonds is 4. The van der Waals surface area contributed by atoms with Crippen molar-refractivity contribution in [2.24, 2.45) is 0 Å². The number of nitrogens with one attached hydrogen (secondary N) is 1. The summed E-state index contributed by atoms with van der Waals surface area (Å²) in [5, 5.41) is 7.83. The fourth-order valence-electron chi connectivity index (χ4n) is 1.97. The Morgan fingerprint density at radius 2 is 2.29 bits per heavy atom. The Bertz CT molecular complexity index is 279. The van der Waals surface area contributed by atoms with Gasteiger partial charge in [0, 0.05) is 18.8 Å². The van der Waals surface area contributed by atoms with E-state index in [9.17, 15) is 0 Å². The highest BCUT2D eigenvalue weighted by molar-refractivity contribution is 14.1. The molecule has 0 bridgehead atoms. The van der Waals surface area contributed by atoms with E-state index in [2.05, 4.69) is 39.2 Å². The van der Waals surface area contributed by atoms with E-state index in [1.807, 2.05) is 10.9 Å². The molecule has 0 radical (unpaired) electrons. The molecule has 1 fully saturated rings. The summed E-state index contributed by atoms with van der Waals surface area (Å²) in [5.74, 6) is 0. The molecule has 0 saturated heterocycles. The van der Waals surface area contributed by atoms with Gasteiger partial charge >= 0.3 is 0 Å². The van der Waals surface area contributed by atoms with E-state index in [0.29, 0.717) is 0 Å². The van der Waals surface area contributed by atoms with Crippen LogP contribution in [0, 0.1) is 3.57 Å². The molecule has 1 aliphatic rings. The van der Waals surface area contributed by atoms with Crippen LogP contribution < -0.4 is 5.32 Å². The third kappa shape index (κ3) is 2.95. The van der Waals surface area contributed by atoms with Gasteiger partial charge in [0.05, 0.1) is 16.3 Å². The summed E-state index contributed by atoms with van der Waals surface area (Å²) in [7, 11) is 0. The summed E-state index contributed by atoms with van der Waals surface area (Å²) in [5.41, 5.74) is 0. The summed E-state index contributed by atoms with van der Waals surface area (Å²) in [6, 6.07) is 0.768. The second-order valence-electron chi connectivity index (χ2n) is 3.86. The third-order valence-corrected chi connectivity index (χ3v) is 3.29. The molecule has 2 rings (SSSR count). The first kappa shape index (κ1) is 10.4. The Kier molecular flexibility index (Phi) is 3.81. The maximum absolute atomic E-state index is 4.25. The molecular formula is C10H16IN3. The van der Waals surface area contributed by atoms with Gasteiger partial charge in [-0.15, -0.1) is 0 Å². The molecule has 0 aliphatic heterocycles. The van der Waals surface area contributed by atoms with Crippen molar-refractivity contribution in [1.29, 1.82) is 0 Å². The fraction of sp³-hybridized carbons (Fsp3) is 0.700. The first-order valence-corrected chi connectivity index (χ1v) is 6.34. The zero-order valence-electron chi connectivity index (χ0n) is 8.25. The van der Waals surface area contributed by atoms with Crippen molar-refractivity contribution in [2.45, 2.75) is 38.3 Å². The average molecular weight is 305 g/mol. The minimum absolute atomic E-state index is 0.768. The van der Waals surface area contributed by atoms with Crippen molar-refractivity contribution in [3.8, 4) is 0 Å². The van der Waals surface area contributed by atoms with E-state index in [1.165, 1.54) is 29.3 Å². The van der Waals surface area contributed by atoms with Gasteiger partial charge < -0.3 is 5.32 Å². The SMILES string of the molecule is Ic1cnn(CCNC2CCCC2)c1. The van der Waals surface area contributed by atoms with Crippen molar-refractivity contribution in [1.82, 2.24) is 15.1 Å². The Labute approximate surface area is 98.4 Å². The second-order valence-corrected chi connectivity index (χ2v) is 5.10. The second kappa shape index (κ2) is 5.11. The van der Waals surface area contributed by atoms with E-state index < -0.39 is 0 Å². The zero-order valence-corrected chi connectivity index (χ0v) is 10.4. The largest absolute Gasteiger partial charge is 0.312 e. The van der Waals surface area contributed by atoms with Crippen LogP contribution in [0.5, 0.6) is 0 Å². The quantitative estimate of drug-likeness (QED) is 0.863. The highest BCUT2D eigenvalue weighted by atomic mass is 127. The number of nitrogens with zero attached hydrogens (tertiary/aromatic N) is 2. The monoisotopic (exact) mass is 305 g/mol. The molecule has 1 aromatic heterocycles. The molecule has 1 heterocycles. The van der Waals surface area contributed by atoms with Gasteiger partial charge in [-0.2, -0.15) is 5.10 Å². The van der Waals surface area contributed by atoms with Gasteiger partial charge in [0.25, 0.3) is 0 Å². The molecule has 1 aromatic rings. The van der Waals surface area contributed by atoms with Gasteiger partial charge in [0.1, 0.15) is 0 Å². The van der Waals surface area contributed by atoms with E-state index in [-0.39, 0.29) is 0 Å². The number of halogens is 1. The van der Waals surface area contributed by atoms with Crippen LogP contribution in [0.3, 0.4) is 0 Å². The van der Waals surface area contributed by atoms with Gasteiger partial charge in [0.15, 0.2) is 0 Å². The first-order valence-electron chi connectivity index (χ1n) is 5.26. The standard InChI is InChI=1S/C10H16IN3/c11-9-7-13-14(8-9)6-5-12-10-3-1-2-4-10/h7-8,10,12H,1-6H2. The van der Waals surface area contributed by atoms with E-state index >= 15 is 0 Å². The Balaban J connectivity index is 1.67. The van der Waals surface area contributed by atoms with Crippen LogP contribution in [0.15, 0.2) is 12.4 Å². The molecule has 78 valence electrons. The molecule has 3 nitrogen and oxygen atoms in total. The van der Waals surface area contributed by atoms with Crippen molar-refractivity contribution in [3.63, 3.8) is 0 Å². The lowest BCUT2D eigenvalue weighted by Gasteiger charge is -2.11. The van der Waals surface area contributed by atoms with Gasteiger partial charge in [-0.05, 0) is 35.4 Å². The van der Waals surface area contributed by atoms with E-state index in [4.69, 9.17) is 0 Å². The van der Waals surface area contributed by atoms with Crippen LogP contribution >= 0.6 is 22.6 Å². The maximum Gasteiger partial charge on any atom is 0.0623 e. The van der Waals surface area contributed by atoms with E-state index in [1.54, 1.807) is 0 Å². The molecule has 14 heavy (non-hydrogen) atoms. The molecule has 0 amide bonds. The molecule has 4 heteroatoms. The Hall–Kier alpha value is -0.100. The van der Waals surface area contributed by atoms with Gasteiger partial charge in [-0.1, -0.05) is 12.8 Å². The number of aromatic nitrogens is 2. The Morgan fingerprint density at radius 3 is 2.93 bits per heavy atom. The first-order chi connectivity index (χ1) is 6.84. The van der Waals surface area contributed by atoms with Crippen molar-refractivity contribution in [2.75, 3.05) is 6.54 Å². The molecule has 0 spiro atoms. The van der Waals surface area contributed by atoms with Crippen LogP contribution in [0.25, 0.3) is 0 Å². The van der Waals surface area contributed by atoms with Gasteiger partial charge in [-0.25, -0.2) is 0 Å². The third-order valence-electron chi connectivity index (χ3n) is 2.73. The average Bonchev–Trinajstić information content (AvgIpc) is 2.77. The molecule has 0 atom stereocenters. The highest BCUT2D eigenvalue weighted by Crippen LogP contribution is 2.17. The van der Waals surface area contributed by atoms with Crippen molar-refractivity contribution < 1.29 is 0 Å². The Morgan fingerprint density at radius 1 is 1.50 bits per heavy atom. The molecule has 1 aliphatic carbocycles. The van der Waals surface area contributed by atoms with Crippen LogP contribution in [0.4, 0.5) is 0 Å². The molecule has 0 unspecified atom stereocenters. The van der Waals surface area contributed by atoms with Crippen LogP contribution in [0.2, 0.25) is 0 Å². The minimum Gasteiger partial charge on any atom is -0.312 e. The summed E-state index contributed by atoms with van der Waals surface area (Å²) in [6.45, 7) is 2.03. The maximum atomic E-state index is 4.25. The highest BCUT2D eigenvalue weighted by Gasteiger charge is 2.13. The molecule has 0 aromatic carbocycles. The fourth-order valence-corrected chi connectivity index (χ4v) is 2.42. The predicted molar refractivity (Wildman–Crippen MR) is 65.2 cm³/mol. The number of hydrogen-bond acceptors (Lipinski definition) is 2. The lowest BCUT2D eigenvalue weighted by Crippen LogP contribution is -2.29. The summed E-state index contributed by atoms with van der Waals surface area (Å²) in [4.78, 5) is 0. The lowest BCUT2D eigenvalue weighted by atomic mass is 10.2. The van der Waals surface area contributed by atoms with E-state index in [0.717, 1.165) is 19.1 Å². The lowest BCUT2D eigenvalue weighted by molar-refractivity contribution is 0.480. The molecular weight excluding hydrogens is 289 g/mol. The minimum atomic E-state index is 0.768. The normalized spacial score (nSPS) is 17.8. The molecule has 1 N–H and O–H groups in total. The van der Waals surface area contributed by atoms with Gasteiger partial charge in [0.2, 0.25) is 0 Å². The number of hydrogen-bond donors (Lipinski definition) is 1. The summed E-state index contributed by atoms with van der Waals surface area (Å²) < 4.78 is 3.22. The summed E-state index contributed by atoms with van der Waals surface area (Å²) in [6.07, 6.45) is 9.50. The van der Waals surface area contributed by atoms with Crippen molar-refractivity contribution in [3.05, 3.63) is 16.0 Å². The van der Waals surface area contributed by atoms with Crippen molar-refractivity contribution >= 4 is 22.6 Å². The predicted octanol–water partition coefficient (Wildman–Crippen LogP) is 2.02. The van der Waals surface area contributed by atoms with Crippen LogP contribution in [-0.2, 0) is 6.54 Å². The van der Waals surface area contributed by atoms with Crippen LogP contribution in [0.1, 0.15) is 25.7 Å².